The van der Waals surface area contributed by atoms with Crippen molar-refractivity contribution in [2.45, 2.75) is 6.42 Å². The Bertz CT molecular complexity index is 882. The molecule has 2 aromatic carbocycles. The van der Waals surface area contributed by atoms with Gasteiger partial charge in [0.05, 0.1) is 24.2 Å². The summed E-state index contributed by atoms with van der Waals surface area (Å²) in [4.78, 5) is 22.8. The maximum Gasteiger partial charge on any atom is 0.296 e. The van der Waals surface area contributed by atoms with Gasteiger partial charge in [-0.3, -0.25) is 14.9 Å². The fourth-order valence-corrected chi connectivity index (χ4v) is 2.40. The van der Waals surface area contributed by atoms with E-state index < -0.39 is 16.6 Å². The maximum atomic E-state index is 13.6. The van der Waals surface area contributed by atoms with Crippen LogP contribution in [0.4, 0.5) is 15.8 Å². The molecule has 1 heterocycles. The molecular weight excluding hydrogens is 343 g/mol. The highest BCUT2D eigenvalue weighted by molar-refractivity contribution is 6.03. The van der Waals surface area contributed by atoms with Gasteiger partial charge in [0.25, 0.3) is 5.69 Å². The second kappa shape index (κ2) is 7.64. The van der Waals surface area contributed by atoms with Crippen LogP contribution in [0.15, 0.2) is 42.5 Å². The zero-order valence-electron chi connectivity index (χ0n) is 13.6. The van der Waals surface area contributed by atoms with Crippen molar-refractivity contribution >= 4 is 23.4 Å². The van der Waals surface area contributed by atoms with E-state index >= 15 is 0 Å². The van der Waals surface area contributed by atoms with E-state index in [9.17, 15) is 19.3 Å². The summed E-state index contributed by atoms with van der Waals surface area (Å²) in [6.07, 6.45) is 3.04. The molecular formula is C18H15FN2O5. The van der Waals surface area contributed by atoms with Gasteiger partial charge in [-0.25, -0.2) is 4.39 Å². The van der Waals surface area contributed by atoms with Crippen LogP contribution in [-0.2, 0) is 4.79 Å². The standard InChI is InChI=1S/C18H15FN2O5/c19-13-5-2-1-4-12(13)6-7-18(22)20-14-10-16-17(11-15(14)21(23)24)26-9-3-8-25-16/h1-2,4-7,10-11H,3,8-9H2,(H,20,22). The highest BCUT2D eigenvalue weighted by Gasteiger charge is 2.22. The van der Waals surface area contributed by atoms with Crippen LogP contribution in [0.1, 0.15) is 12.0 Å². The number of hydrogen-bond acceptors (Lipinski definition) is 5. The molecule has 3 rings (SSSR count). The lowest BCUT2D eigenvalue weighted by Crippen LogP contribution is -2.10. The van der Waals surface area contributed by atoms with Gasteiger partial charge in [-0.05, 0) is 12.1 Å². The molecule has 0 spiro atoms. The van der Waals surface area contributed by atoms with Gasteiger partial charge in [-0.1, -0.05) is 18.2 Å². The minimum Gasteiger partial charge on any atom is -0.489 e. The minimum absolute atomic E-state index is 0.0255. The van der Waals surface area contributed by atoms with Crippen molar-refractivity contribution in [3.8, 4) is 11.5 Å². The summed E-state index contributed by atoms with van der Waals surface area (Å²) in [5.41, 5.74) is -0.111. The summed E-state index contributed by atoms with van der Waals surface area (Å²) in [5, 5.41) is 13.7. The summed E-state index contributed by atoms with van der Waals surface area (Å²) in [7, 11) is 0. The lowest BCUT2D eigenvalue weighted by molar-refractivity contribution is -0.384. The Kier molecular flexibility index (Phi) is 5.12. The molecule has 0 saturated heterocycles. The molecule has 7 nitrogen and oxygen atoms in total. The molecule has 0 aromatic heterocycles. The van der Waals surface area contributed by atoms with Crippen LogP contribution in [0.25, 0.3) is 6.08 Å². The fourth-order valence-electron chi connectivity index (χ4n) is 2.40. The third-order valence-electron chi connectivity index (χ3n) is 3.64. The van der Waals surface area contributed by atoms with Crippen molar-refractivity contribution in [1.82, 2.24) is 0 Å². The van der Waals surface area contributed by atoms with E-state index in [0.717, 1.165) is 6.08 Å². The van der Waals surface area contributed by atoms with Gasteiger partial charge in [-0.15, -0.1) is 0 Å². The first-order valence-corrected chi connectivity index (χ1v) is 7.86. The Morgan fingerprint density at radius 1 is 1.19 bits per heavy atom. The zero-order chi connectivity index (χ0) is 18.5. The van der Waals surface area contributed by atoms with Crippen molar-refractivity contribution in [1.29, 1.82) is 0 Å². The Morgan fingerprint density at radius 3 is 2.58 bits per heavy atom. The summed E-state index contributed by atoms with van der Waals surface area (Å²) in [5.74, 6) is -0.528. The Morgan fingerprint density at radius 2 is 1.88 bits per heavy atom. The number of hydrogen-bond donors (Lipinski definition) is 1. The largest absolute Gasteiger partial charge is 0.489 e. The summed E-state index contributed by atoms with van der Waals surface area (Å²) < 4.78 is 24.5. The number of nitrogens with one attached hydrogen (secondary N) is 1. The minimum atomic E-state index is -0.633. The number of carbonyl (C=O) groups excluding carboxylic acids is 1. The molecule has 0 fully saturated rings. The lowest BCUT2D eigenvalue weighted by atomic mass is 10.2. The summed E-state index contributed by atoms with van der Waals surface area (Å²) in [6.45, 7) is 0.798. The van der Waals surface area contributed by atoms with Crippen molar-refractivity contribution in [3.63, 3.8) is 0 Å². The normalized spacial score (nSPS) is 13.3. The molecule has 1 N–H and O–H groups in total. The van der Waals surface area contributed by atoms with Gasteiger partial charge in [0, 0.05) is 24.1 Å². The second-order valence-electron chi connectivity index (χ2n) is 5.47. The maximum absolute atomic E-state index is 13.6. The molecule has 0 unspecified atom stereocenters. The molecule has 1 aliphatic heterocycles. The zero-order valence-corrected chi connectivity index (χ0v) is 13.6. The van der Waals surface area contributed by atoms with E-state index in [1.165, 1.54) is 36.4 Å². The molecule has 0 radical (unpaired) electrons. The molecule has 0 bridgehead atoms. The van der Waals surface area contributed by atoms with Crippen LogP contribution in [0.5, 0.6) is 11.5 Å². The van der Waals surface area contributed by atoms with E-state index in [1.807, 2.05) is 0 Å². The number of nitro groups is 1. The Hall–Kier alpha value is -3.42. The highest BCUT2D eigenvalue weighted by atomic mass is 19.1. The Labute approximate surface area is 148 Å². The molecule has 8 heteroatoms. The van der Waals surface area contributed by atoms with Gasteiger partial charge < -0.3 is 14.8 Å². The third-order valence-corrected chi connectivity index (χ3v) is 3.64. The first-order valence-electron chi connectivity index (χ1n) is 7.86. The number of carbonyl (C=O) groups is 1. The lowest BCUT2D eigenvalue weighted by Gasteiger charge is -2.10. The number of halogens is 1. The number of nitrogens with zero attached hydrogens (tertiary/aromatic N) is 1. The van der Waals surface area contributed by atoms with Crippen LogP contribution < -0.4 is 14.8 Å². The first kappa shape index (κ1) is 17.4. The van der Waals surface area contributed by atoms with Gasteiger partial charge in [0.1, 0.15) is 11.5 Å². The number of ether oxygens (including phenoxy) is 2. The monoisotopic (exact) mass is 358 g/mol. The van der Waals surface area contributed by atoms with Crippen molar-refractivity contribution in [3.05, 3.63) is 64.0 Å². The molecule has 134 valence electrons. The van der Waals surface area contributed by atoms with E-state index in [-0.39, 0.29) is 22.7 Å². The van der Waals surface area contributed by atoms with Crippen LogP contribution in [0.3, 0.4) is 0 Å². The molecule has 0 aliphatic carbocycles. The average Bonchev–Trinajstić information content (AvgIpc) is 2.85. The smallest absolute Gasteiger partial charge is 0.296 e. The molecule has 1 amide bonds. The molecule has 2 aromatic rings. The predicted octanol–water partition coefficient (Wildman–Crippen LogP) is 3.55. The fraction of sp³-hybridized carbons (Fsp3) is 0.167. The number of benzene rings is 2. The SMILES string of the molecule is O=C(C=Cc1ccccc1F)Nc1cc2c(cc1[N+](=O)[O-])OCCCO2. The van der Waals surface area contributed by atoms with Gasteiger partial charge in [0.15, 0.2) is 11.5 Å². The number of amides is 1. The van der Waals surface area contributed by atoms with Gasteiger partial charge >= 0.3 is 0 Å². The topological polar surface area (TPSA) is 90.7 Å². The van der Waals surface area contributed by atoms with E-state index in [0.29, 0.717) is 25.4 Å². The van der Waals surface area contributed by atoms with Crippen LogP contribution in [-0.4, -0.2) is 24.0 Å². The van der Waals surface area contributed by atoms with Gasteiger partial charge in [0.2, 0.25) is 5.91 Å². The number of anilines is 1. The number of fused-ring (bicyclic) bond motifs is 1. The molecule has 1 aliphatic rings. The van der Waals surface area contributed by atoms with E-state index in [4.69, 9.17) is 9.47 Å². The third kappa shape index (κ3) is 3.97. The molecule has 0 atom stereocenters. The Balaban J connectivity index is 1.84. The predicted molar refractivity (Wildman–Crippen MR) is 92.8 cm³/mol. The first-order chi connectivity index (χ1) is 12.5. The number of nitro benzene ring substituents is 1. The molecule has 26 heavy (non-hydrogen) atoms. The van der Waals surface area contributed by atoms with Crippen LogP contribution in [0, 0.1) is 15.9 Å². The van der Waals surface area contributed by atoms with E-state index in [2.05, 4.69) is 5.32 Å². The van der Waals surface area contributed by atoms with Gasteiger partial charge in [-0.2, -0.15) is 0 Å². The van der Waals surface area contributed by atoms with Crippen molar-refractivity contribution < 1.29 is 23.6 Å². The van der Waals surface area contributed by atoms with Crippen LogP contribution in [0.2, 0.25) is 0 Å². The second-order valence-corrected chi connectivity index (χ2v) is 5.47. The average molecular weight is 358 g/mol. The quantitative estimate of drug-likeness (QED) is 0.513. The van der Waals surface area contributed by atoms with E-state index in [1.54, 1.807) is 6.07 Å². The molecule has 0 saturated carbocycles. The highest BCUT2D eigenvalue weighted by Crippen LogP contribution is 2.39. The van der Waals surface area contributed by atoms with Crippen molar-refractivity contribution in [2.24, 2.45) is 0 Å². The van der Waals surface area contributed by atoms with Crippen molar-refractivity contribution in [2.75, 3.05) is 18.5 Å². The summed E-state index contributed by atoms with van der Waals surface area (Å²) in [6, 6.07) is 8.52. The van der Waals surface area contributed by atoms with Crippen LogP contribution >= 0.6 is 0 Å². The number of rotatable bonds is 4. The summed E-state index contributed by atoms with van der Waals surface area (Å²) >= 11 is 0.